The van der Waals surface area contributed by atoms with Crippen molar-refractivity contribution in [3.63, 3.8) is 0 Å². The summed E-state index contributed by atoms with van der Waals surface area (Å²) >= 11 is 4.81. The topological polar surface area (TPSA) is 55.9 Å². The number of aromatic nitrogens is 2. The molecule has 1 aromatic carbocycles. The molecule has 2 rings (SSSR count). The number of anilines is 1. The molecular weight excluding hydrogens is 263 g/mol. The van der Waals surface area contributed by atoms with Crippen molar-refractivity contribution in [2.75, 3.05) is 5.32 Å². The number of thiocarbonyl (C=S) groups is 1. The summed E-state index contributed by atoms with van der Waals surface area (Å²) in [6, 6.07) is 6.58. The van der Waals surface area contributed by atoms with Crippen LogP contribution in [0.15, 0.2) is 36.7 Å². The van der Waals surface area contributed by atoms with Gasteiger partial charge in [-0.15, -0.1) is 0 Å². The van der Waals surface area contributed by atoms with Crippen molar-refractivity contribution in [3.8, 4) is 0 Å². The maximum Gasteiger partial charge on any atom is 0.146 e. The monoisotopic (exact) mass is 278 g/mol. The van der Waals surface area contributed by atoms with Crippen LogP contribution in [-0.2, 0) is 6.54 Å². The number of nitrogens with one attached hydrogen (secondary N) is 1. The normalized spacial score (nSPS) is 12.1. The zero-order chi connectivity index (χ0) is 13.8. The van der Waals surface area contributed by atoms with Crippen molar-refractivity contribution in [1.29, 1.82) is 0 Å². The zero-order valence-electron chi connectivity index (χ0n) is 10.5. The molecule has 100 valence electrons. The summed E-state index contributed by atoms with van der Waals surface area (Å²) in [7, 11) is 0. The van der Waals surface area contributed by atoms with Gasteiger partial charge in [-0.05, 0) is 31.2 Å². The smallest absolute Gasteiger partial charge is 0.146 e. The third-order valence-corrected chi connectivity index (χ3v) is 2.91. The Kier molecular flexibility index (Phi) is 4.11. The molecule has 0 aliphatic carbocycles. The van der Waals surface area contributed by atoms with Crippen LogP contribution in [0.2, 0.25) is 0 Å². The minimum atomic E-state index is -0.363. The summed E-state index contributed by atoms with van der Waals surface area (Å²) in [6.07, 6.45) is 3.58. The van der Waals surface area contributed by atoms with Gasteiger partial charge in [0.25, 0.3) is 0 Å². The Bertz CT molecular complexity index is 568. The van der Waals surface area contributed by atoms with Gasteiger partial charge >= 0.3 is 0 Å². The van der Waals surface area contributed by atoms with E-state index in [0.717, 1.165) is 0 Å². The van der Waals surface area contributed by atoms with Gasteiger partial charge in [-0.1, -0.05) is 12.2 Å². The quantitative estimate of drug-likeness (QED) is 0.823. The molecule has 0 bridgehead atoms. The first-order valence-electron chi connectivity index (χ1n) is 5.89. The molecule has 19 heavy (non-hydrogen) atoms. The van der Waals surface area contributed by atoms with E-state index in [0.29, 0.717) is 17.8 Å². The van der Waals surface area contributed by atoms with Crippen molar-refractivity contribution in [2.24, 2.45) is 5.73 Å². The number of benzene rings is 1. The van der Waals surface area contributed by atoms with Gasteiger partial charge in [0.05, 0.1) is 12.2 Å². The van der Waals surface area contributed by atoms with E-state index < -0.39 is 0 Å². The highest BCUT2D eigenvalue weighted by molar-refractivity contribution is 7.80. The molecule has 0 saturated carbocycles. The fourth-order valence-electron chi connectivity index (χ4n) is 1.79. The second-order valence-corrected chi connectivity index (χ2v) is 4.77. The second kappa shape index (κ2) is 5.79. The van der Waals surface area contributed by atoms with Crippen LogP contribution in [0.4, 0.5) is 10.1 Å². The number of rotatable bonds is 5. The lowest BCUT2D eigenvalue weighted by Gasteiger charge is -2.16. The molecular formula is C13H15FN4S. The standard InChI is InChI=1S/C13H15FN4S/c1-9(8-18-6-2-5-16-18)17-12-4-3-10(13(15)19)7-11(12)14/h2-7,9,17H,8H2,1H3,(H2,15,19). The molecule has 0 spiro atoms. The Morgan fingerprint density at radius 3 is 2.95 bits per heavy atom. The lowest BCUT2D eigenvalue weighted by molar-refractivity contribution is 0.555. The van der Waals surface area contributed by atoms with Crippen LogP contribution in [-0.4, -0.2) is 20.8 Å². The van der Waals surface area contributed by atoms with E-state index in [2.05, 4.69) is 10.4 Å². The van der Waals surface area contributed by atoms with Crippen molar-refractivity contribution < 1.29 is 4.39 Å². The van der Waals surface area contributed by atoms with Gasteiger partial charge in [-0.25, -0.2) is 4.39 Å². The maximum atomic E-state index is 13.8. The molecule has 1 atom stereocenters. The summed E-state index contributed by atoms with van der Waals surface area (Å²) in [6.45, 7) is 2.62. The average Bonchev–Trinajstić information content (AvgIpc) is 2.84. The van der Waals surface area contributed by atoms with E-state index >= 15 is 0 Å². The number of hydrogen-bond acceptors (Lipinski definition) is 3. The number of hydrogen-bond donors (Lipinski definition) is 2. The average molecular weight is 278 g/mol. The SMILES string of the molecule is CC(Cn1cccn1)Nc1ccc(C(N)=S)cc1F. The molecule has 1 unspecified atom stereocenters. The van der Waals surface area contributed by atoms with Gasteiger partial charge < -0.3 is 11.1 Å². The lowest BCUT2D eigenvalue weighted by Crippen LogP contribution is -2.23. The van der Waals surface area contributed by atoms with Crippen molar-refractivity contribution in [1.82, 2.24) is 9.78 Å². The van der Waals surface area contributed by atoms with Gasteiger partial charge in [0.1, 0.15) is 10.8 Å². The van der Waals surface area contributed by atoms with Crippen LogP contribution in [0.3, 0.4) is 0 Å². The van der Waals surface area contributed by atoms with Crippen molar-refractivity contribution in [2.45, 2.75) is 19.5 Å². The van der Waals surface area contributed by atoms with Crippen LogP contribution in [0, 0.1) is 5.82 Å². The molecule has 2 aromatic rings. The minimum Gasteiger partial charge on any atom is -0.389 e. The maximum absolute atomic E-state index is 13.8. The number of halogens is 1. The van der Waals surface area contributed by atoms with E-state index in [-0.39, 0.29) is 16.8 Å². The Hall–Kier alpha value is -1.95. The first-order chi connectivity index (χ1) is 9.06. The largest absolute Gasteiger partial charge is 0.389 e. The number of nitrogens with zero attached hydrogens (tertiary/aromatic N) is 2. The van der Waals surface area contributed by atoms with Crippen LogP contribution < -0.4 is 11.1 Å². The minimum absolute atomic E-state index is 0.0464. The highest BCUT2D eigenvalue weighted by Crippen LogP contribution is 2.17. The molecule has 6 heteroatoms. The first kappa shape index (κ1) is 13.5. The van der Waals surface area contributed by atoms with Crippen LogP contribution in [0.25, 0.3) is 0 Å². The molecule has 0 saturated heterocycles. The van der Waals surface area contributed by atoms with E-state index in [1.807, 2.05) is 19.2 Å². The van der Waals surface area contributed by atoms with Gasteiger partial charge in [0, 0.05) is 24.0 Å². The summed E-state index contributed by atoms with van der Waals surface area (Å²) in [4.78, 5) is 0.190. The molecule has 0 aliphatic heterocycles. The molecule has 4 nitrogen and oxygen atoms in total. The zero-order valence-corrected chi connectivity index (χ0v) is 11.3. The summed E-state index contributed by atoms with van der Waals surface area (Å²) in [5, 5.41) is 7.20. The third kappa shape index (κ3) is 3.51. The second-order valence-electron chi connectivity index (χ2n) is 4.33. The van der Waals surface area contributed by atoms with Gasteiger partial charge in [0.15, 0.2) is 0 Å². The van der Waals surface area contributed by atoms with Gasteiger partial charge in [0.2, 0.25) is 0 Å². The highest BCUT2D eigenvalue weighted by Gasteiger charge is 2.09. The third-order valence-electron chi connectivity index (χ3n) is 2.68. The van der Waals surface area contributed by atoms with Crippen molar-refractivity contribution in [3.05, 3.63) is 48.0 Å². The van der Waals surface area contributed by atoms with Crippen molar-refractivity contribution >= 4 is 22.9 Å². The predicted octanol–water partition coefficient (Wildman–Crippen LogP) is 2.16. The molecule has 0 amide bonds. The Labute approximate surface area is 116 Å². The summed E-state index contributed by atoms with van der Waals surface area (Å²) in [5.41, 5.74) is 6.41. The van der Waals surface area contributed by atoms with E-state index in [4.69, 9.17) is 18.0 Å². The predicted molar refractivity (Wildman–Crippen MR) is 77.6 cm³/mol. The Morgan fingerprint density at radius 2 is 2.37 bits per heavy atom. The van der Waals surface area contributed by atoms with E-state index in [1.165, 1.54) is 6.07 Å². The fraction of sp³-hybridized carbons (Fsp3) is 0.231. The first-order valence-corrected chi connectivity index (χ1v) is 6.30. The molecule has 0 aliphatic rings. The summed E-state index contributed by atoms with van der Waals surface area (Å²) in [5.74, 6) is -0.363. The van der Waals surface area contributed by atoms with Gasteiger partial charge in [-0.2, -0.15) is 5.10 Å². The lowest BCUT2D eigenvalue weighted by atomic mass is 10.2. The molecule has 1 aromatic heterocycles. The molecule has 0 radical (unpaired) electrons. The molecule has 1 heterocycles. The molecule has 0 fully saturated rings. The van der Waals surface area contributed by atoms with E-state index in [1.54, 1.807) is 23.0 Å². The van der Waals surface area contributed by atoms with Crippen LogP contribution in [0.5, 0.6) is 0 Å². The highest BCUT2D eigenvalue weighted by atomic mass is 32.1. The Balaban J connectivity index is 2.04. The molecule has 3 N–H and O–H groups in total. The number of nitrogens with two attached hydrogens (primary N) is 1. The van der Waals surface area contributed by atoms with Gasteiger partial charge in [-0.3, -0.25) is 4.68 Å². The Morgan fingerprint density at radius 1 is 1.58 bits per heavy atom. The van der Waals surface area contributed by atoms with Crippen LogP contribution >= 0.6 is 12.2 Å². The fourth-order valence-corrected chi connectivity index (χ4v) is 1.91. The summed E-state index contributed by atoms with van der Waals surface area (Å²) < 4.78 is 15.6. The van der Waals surface area contributed by atoms with E-state index in [9.17, 15) is 4.39 Å². The van der Waals surface area contributed by atoms with Crippen LogP contribution in [0.1, 0.15) is 12.5 Å².